The molecule has 166 valence electrons. The molecule has 1 heterocycles. The number of ether oxygens (including phenoxy) is 1. The highest BCUT2D eigenvalue weighted by molar-refractivity contribution is 5.86. The third kappa shape index (κ3) is 7.04. The lowest BCUT2D eigenvalue weighted by Crippen LogP contribution is -2.47. The maximum absolute atomic E-state index is 12.7. The van der Waals surface area contributed by atoms with Gasteiger partial charge in [0.25, 0.3) is 0 Å². The average molecular weight is 418 g/mol. The van der Waals surface area contributed by atoms with Crippen molar-refractivity contribution in [3.63, 3.8) is 0 Å². The summed E-state index contributed by atoms with van der Waals surface area (Å²) in [4.78, 5) is 39.3. The van der Waals surface area contributed by atoms with Crippen molar-refractivity contribution in [1.29, 1.82) is 0 Å². The maximum atomic E-state index is 12.7. The van der Waals surface area contributed by atoms with Crippen LogP contribution in [0.2, 0.25) is 0 Å². The van der Waals surface area contributed by atoms with Crippen molar-refractivity contribution in [2.24, 2.45) is 11.3 Å². The molecule has 30 heavy (non-hydrogen) atoms. The number of nitrogens with one attached hydrogen (secondary N) is 2. The van der Waals surface area contributed by atoms with Crippen LogP contribution in [0.5, 0.6) is 5.75 Å². The largest absolute Gasteiger partial charge is 0.497 e. The highest BCUT2D eigenvalue weighted by Gasteiger charge is 2.29. The van der Waals surface area contributed by atoms with E-state index >= 15 is 0 Å². The lowest BCUT2D eigenvalue weighted by atomic mass is 9.94. The molecule has 1 aliphatic rings. The van der Waals surface area contributed by atoms with Gasteiger partial charge in [-0.3, -0.25) is 14.4 Å². The molecule has 7 nitrogen and oxygen atoms in total. The zero-order valence-electron chi connectivity index (χ0n) is 18.8. The first kappa shape index (κ1) is 23.7. The van der Waals surface area contributed by atoms with E-state index in [1.165, 1.54) is 0 Å². The van der Waals surface area contributed by atoms with E-state index in [4.69, 9.17) is 4.74 Å². The van der Waals surface area contributed by atoms with Crippen LogP contribution in [0.25, 0.3) is 0 Å². The highest BCUT2D eigenvalue weighted by atomic mass is 16.5. The summed E-state index contributed by atoms with van der Waals surface area (Å²) in [6.07, 6.45) is 2.32. The molecule has 2 rings (SSSR count). The van der Waals surface area contributed by atoms with Gasteiger partial charge in [0, 0.05) is 43.9 Å². The Balaban J connectivity index is 1.95. The number of hydrogen-bond donors (Lipinski definition) is 2. The Bertz CT molecular complexity index is 740. The minimum Gasteiger partial charge on any atom is -0.497 e. The molecule has 0 aliphatic carbocycles. The summed E-state index contributed by atoms with van der Waals surface area (Å²) in [5.74, 6) is 0.195. The highest BCUT2D eigenvalue weighted by Crippen LogP contribution is 2.20. The molecule has 1 saturated heterocycles. The number of methoxy groups -OCH3 is 1. The lowest BCUT2D eigenvalue weighted by Gasteiger charge is -2.27. The van der Waals surface area contributed by atoms with Crippen LogP contribution in [0, 0.1) is 11.3 Å². The monoisotopic (exact) mass is 417 g/mol. The van der Waals surface area contributed by atoms with E-state index in [9.17, 15) is 14.4 Å². The Labute approximate surface area is 179 Å². The Hall–Kier alpha value is -2.57. The van der Waals surface area contributed by atoms with E-state index < -0.39 is 5.41 Å². The van der Waals surface area contributed by atoms with E-state index in [0.717, 1.165) is 24.2 Å². The summed E-state index contributed by atoms with van der Waals surface area (Å²) in [6, 6.07) is 7.41. The third-order valence-corrected chi connectivity index (χ3v) is 5.46. The van der Waals surface area contributed by atoms with Crippen molar-refractivity contribution >= 4 is 17.7 Å². The number of hydrogen-bond acceptors (Lipinski definition) is 4. The standard InChI is InChI=1S/C23H35N3O4/c1-23(2,3)22(29)25-18-8-6-7-17(13-20(27)26(4)15-18)21(28)24-14-16-9-11-19(30-5)12-10-16/h9-12,17-18H,6-8,13-15H2,1-5H3,(H,24,28)(H,25,29)/t17-,18-/m1/s1. The first-order valence-corrected chi connectivity index (χ1v) is 10.6. The molecule has 2 N–H and O–H groups in total. The van der Waals surface area contributed by atoms with Gasteiger partial charge in [0.2, 0.25) is 17.7 Å². The van der Waals surface area contributed by atoms with E-state index in [2.05, 4.69) is 10.6 Å². The number of amides is 3. The quantitative estimate of drug-likeness (QED) is 0.771. The van der Waals surface area contributed by atoms with Crippen LogP contribution < -0.4 is 15.4 Å². The van der Waals surface area contributed by atoms with Crippen LogP contribution >= 0.6 is 0 Å². The van der Waals surface area contributed by atoms with Crippen molar-refractivity contribution in [2.45, 2.75) is 59.0 Å². The van der Waals surface area contributed by atoms with Gasteiger partial charge in [-0.15, -0.1) is 0 Å². The third-order valence-electron chi connectivity index (χ3n) is 5.46. The molecule has 3 amide bonds. The summed E-state index contributed by atoms with van der Waals surface area (Å²) >= 11 is 0. The molecule has 0 unspecified atom stereocenters. The fraction of sp³-hybridized carbons (Fsp3) is 0.609. The van der Waals surface area contributed by atoms with E-state index in [1.54, 1.807) is 19.1 Å². The first-order chi connectivity index (χ1) is 14.1. The topological polar surface area (TPSA) is 87.7 Å². The maximum Gasteiger partial charge on any atom is 0.225 e. The van der Waals surface area contributed by atoms with Crippen molar-refractivity contribution < 1.29 is 19.1 Å². The normalized spacial score (nSPS) is 20.6. The zero-order chi connectivity index (χ0) is 22.3. The molecule has 1 fully saturated rings. The lowest BCUT2D eigenvalue weighted by molar-refractivity contribution is -0.136. The molecule has 0 radical (unpaired) electrons. The molecule has 0 spiro atoms. The first-order valence-electron chi connectivity index (χ1n) is 10.6. The molecule has 0 saturated carbocycles. The molecular weight excluding hydrogens is 382 g/mol. The number of carbonyl (C=O) groups is 3. The minimum atomic E-state index is -0.481. The van der Waals surface area contributed by atoms with Gasteiger partial charge in [-0.2, -0.15) is 0 Å². The summed E-state index contributed by atoms with van der Waals surface area (Å²) in [6.45, 7) is 6.48. The smallest absolute Gasteiger partial charge is 0.225 e. The number of rotatable bonds is 5. The van der Waals surface area contributed by atoms with E-state index in [1.807, 2.05) is 45.0 Å². The second-order valence-corrected chi connectivity index (χ2v) is 9.09. The summed E-state index contributed by atoms with van der Waals surface area (Å²) in [5.41, 5.74) is 0.492. The molecule has 7 heteroatoms. The molecule has 1 aromatic carbocycles. The van der Waals surface area contributed by atoms with Crippen LogP contribution in [-0.4, -0.2) is 49.4 Å². The van der Waals surface area contributed by atoms with Crippen LogP contribution in [0.3, 0.4) is 0 Å². The SMILES string of the molecule is COc1ccc(CNC(=O)[C@@H]2CCC[C@@H](NC(=O)C(C)(C)C)CN(C)C(=O)C2)cc1. The van der Waals surface area contributed by atoms with Gasteiger partial charge in [0.15, 0.2) is 0 Å². The summed E-state index contributed by atoms with van der Waals surface area (Å²) < 4.78 is 5.14. The van der Waals surface area contributed by atoms with Crippen LogP contribution in [0.4, 0.5) is 0 Å². The summed E-state index contributed by atoms with van der Waals surface area (Å²) in [7, 11) is 3.34. The molecule has 2 atom stereocenters. The van der Waals surface area contributed by atoms with Crippen LogP contribution in [0.15, 0.2) is 24.3 Å². The Morgan fingerprint density at radius 3 is 2.43 bits per heavy atom. The van der Waals surface area contributed by atoms with Gasteiger partial charge >= 0.3 is 0 Å². The van der Waals surface area contributed by atoms with Crippen LogP contribution in [0.1, 0.15) is 52.0 Å². The Morgan fingerprint density at radius 1 is 1.17 bits per heavy atom. The molecule has 1 aromatic rings. The fourth-order valence-electron chi connectivity index (χ4n) is 3.42. The van der Waals surface area contributed by atoms with Crippen molar-refractivity contribution in [1.82, 2.24) is 15.5 Å². The fourth-order valence-corrected chi connectivity index (χ4v) is 3.42. The molecule has 0 bridgehead atoms. The van der Waals surface area contributed by atoms with Gasteiger partial charge in [-0.25, -0.2) is 0 Å². The molecule has 1 aliphatic heterocycles. The van der Waals surface area contributed by atoms with Crippen molar-refractivity contribution in [3.8, 4) is 5.75 Å². The Morgan fingerprint density at radius 2 is 1.83 bits per heavy atom. The number of benzene rings is 1. The van der Waals surface area contributed by atoms with Crippen molar-refractivity contribution in [3.05, 3.63) is 29.8 Å². The van der Waals surface area contributed by atoms with Gasteiger partial charge in [-0.1, -0.05) is 39.3 Å². The van der Waals surface area contributed by atoms with Gasteiger partial charge in [-0.05, 0) is 30.5 Å². The minimum absolute atomic E-state index is 0.0265. The van der Waals surface area contributed by atoms with Gasteiger partial charge in [0.05, 0.1) is 7.11 Å². The second-order valence-electron chi connectivity index (χ2n) is 9.09. The number of likely N-dealkylation sites (N-methyl/N-ethyl adjacent to an activating group) is 1. The Kier molecular flexibility index (Phi) is 8.26. The number of nitrogens with zero attached hydrogens (tertiary/aromatic N) is 1. The van der Waals surface area contributed by atoms with E-state index in [0.29, 0.717) is 19.5 Å². The van der Waals surface area contributed by atoms with E-state index in [-0.39, 0.29) is 36.1 Å². The van der Waals surface area contributed by atoms with Gasteiger partial charge < -0.3 is 20.3 Å². The molecular formula is C23H35N3O4. The predicted octanol–water partition coefficient (Wildman–Crippen LogP) is 2.49. The second kappa shape index (κ2) is 10.5. The molecule has 0 aromatic heterocycles. The predicted molar refractivity (Wildman–Crippen MR) is 116 cm³/mol. The van der Waals surface area contributed by atoms with Crippen LogP contribution in [-0.2, 0) is 20.9 Å². The van der Waals surface area contributed by atoms with Crippen molar-refractivity contribution in [2.75, 3.05) is 20.7 Å². The van der Waals surface area contributed by atoms with Gasteiger partial charge in [0.1, 0.15) is 5.75 Å². The average Bonchev–Trinajstić information content (AvgIpc) is 2.76. The number of carbonyl (C=O) groups excluding carboxylic acids is 3. The summed E-state index contributed by atoms with van der Waals surface area (Å²) in [5, 5.41) is 6.01. The zero-order valence-corrected chi connectivity index (χ0v) is 18.8.